The summed E-state index contributed by atoms with van der Waals surface area (Å²) in [5.74, 6) is 1.42. The van der Waals surface area contributed by atoms with E-state index < -0.39 is 0 Å². The third kappa shape index (κ3) is 5.27. The fourth-order valence-electron chi connectivity index (χ4n) is 1.76. The SMILES string of the molecule is CCOc1cc(Cl)c(C[NH2+]CCCO)cc1OCC. The molecule has 1 aromatic carbocycles. The van der Waals surface area contributed by atoms with Crippen molar-refractivity contribution in [1.82, 2.24) is 0 Å². The standard InChI is InChI=1S/C14H22ClNO3/c1-3-18-13-8-11(10-16-6-5-7-17)12(15)9-14(13)19-4-2/h8-9,16-17H,3-7,10H2,1-2H3/p+1. The van der Waals surface area contributed by atoms with Crippen LogP contribution in [0.3, 0.4) is 0 Å². The van der Waals surface area contributed by atoms with E-state index in [1.165, 1.54) is 0 Å². The molecule has 4 nitrogen and oxygen atoms in total. The summed E-state index contributed by atoms with van der Waals surface area (Å²) in [6, 6.07) is 3.75. The summed E-state index contributed by atoms with van der Waals surface area (Å²) in [4.78, 5) is 0. The summed E-state index contributed by atoms with van der Waals surface area (Å²) in [5.41, 5.74) is 1.02. The van der Waals surface area contributed by atoms with Gasteiger partial charge in [0, 0.05) is 24.7 Å². The van der Waals surface area contributed by atoms with Crippen LogP contribution in [0.1, 0.15) is 25.8 Å². The number of aliphatic hydroxyl groups excluding tert-OH is 1. The zero-order chi connectivity index (χ0) is 14.1. The number of quaternary nitrogens is 1. The maximum Gasteiger partial charge on any atom is 0.162 e. The molecule has 0 aromatic heterocycles. The molecule has 0 unspecified atom stereocenters. The Labute approximate surface area is 119 Å². The third-order valence-corrected chi connectivity index (χ3v) is 2.99. The van der Waals surface area contributed by atoms with Crippen molar-refractivity contribution >= 4 is 11.6 Å². The highest BCUT2D eigenvalue weighted by atomic mass is 35.5. The van der Waals surface area contributed by atoms with Gasteiger partial charge in [-0.05, 0) is 19.9 Å². The summed E-state index contributed by atoms with van der Waals surface area (Å²) < 4.78 is 11.1. The largest absolute Gasteiger partial charge is 0.490 e. The molecule has 0 aliphatic rings. The predicted molar refractivity (Wildman–Crippen MR) is 76.0 cm³/mol. The van der Waals surface area contributed by atoms with Gasteiger partial charge in [-0.15, -0.1) is 0 Å². The minimum Gasteiger partial charge on any atom is -0.490 e. The number of ether oxygens (including phenoxy) is 2. The van der Waals surface area contributed by atoms with Crippen molar-refractivity contribution in [2.75, 3.05) is 26.4 Å². The van der Waals surface area contributed by atoms with Gasteiger partial charge in [0.15, 0.2) is 11.5 Å². The van der Waals surface area contributed by atoms with Crippen LogP contribution in [0.15, 0.2) is 12.1 Å². The Bertz CT molecular complexity index is 385. The molecule has 0 amide bonds. The lowest BCUT2D eigenvalue weighted by Crippen LogP contribution is -2.82. The molecule has 0 heterocycles. The molecule has 0 saturated heterocycles. The summed E-state index contributed by atoms with van der Waals surface area (Å²) in [6.45, 7) is 6.92. The monoisotopic (exact) mass is 288 g/mol. The van der Waals surface area contributed by atoms with E-state index in [4.69, 9.17) is 26.2 Å². The molecule has 0 saturated carbocycles. The van der Waals surface area contributed by atoms with Crippen molar-refractivity contribution in [3.63, 3.8) is 0 Å². The number of aliphatic hydroxyl groups is 1. The lowest BCUT2D eigenvalue weighted by molar-refractivity contribution is -0.671. The number of halogens is 1. The van der Waals surface area contributed by atoms with E-state index in [2.05, 4.69) is 5.32 Å². The van der Waals surface area contributed by atoms with Gasteiger partial charge < -0.3 is 19.9 Å². The van der Waals surface area contributed by atoms with E-state index in [1.807, 2.05) is 26.0 Å². The van der Waals surface area contributed by atoms with E-state index >= 15 is 0 Å². The third-order valence-electron chi connectivity index (χ3n) is 2.64. The Morgan fingerprint density at radius 2 is 1.79 bits per heavy atom. The van der Waals surface area contributed by atoms with Gasteiger partial charge in [0.1, 0.15) is 6.54 Å². The molecule has 0 radical (unpaired) electrons. The molecule has 1 aromatic rings. The van der Waals surface area contributed by atoms with Crippen molar-refractivity contribution in [2.24, 2.45) is 0 Å². The summed E-state index contributed by atoms with van der Waals surface area (Å²) >= 11 is 6.25. The summed E-state index contributed by atoms with van der Waals surface area (Å²) in [7, 11) is 0. The second-order valence-electron chi connectivity index (χ2n) is 4.12. The Kier molecular flexibility index (Phi) is 7.63. The Hall–Kier alpha value is -0.970. The van der Waals surface area contributed by atoms with Crippen LogP contribution in [0.2, 0.25) is 5.02 Å². The Balaban J connectivity index is 2.77. The fourth-order valence-corrected chi connectivity index (χ4v) is 1.99. The summed E-state index contributed by atoms with van der Waals surface area (Å²) in [6.07, 6.45) is 0.785. The maximum atomic E-state index is 8.74. The highest BCUT2D eigenvalue weighted by Crippen LogP contribution is 2.33. The topological polar surface area (TPSA) is 55.3 Å². The first-order chi connectivity index (χ1) is 9.22. The van der Waals surface area contributed by atoms with Crippen molar-refractivity contribution in [3.8, 4) is 11.5 Å². The first kappa shape index (κ1) is 16.1. The molecule has 108 valence electrons. The average molecular weight is 289 g/mol. The number of rotatable bonds is 9. The van der Waals surface area contributed by atoms with E-state index in [1.54, 1.807) is 0 Å². The number of hydrogen-bond acceptors (Lipinski definition) is 3. The molecule has 0 bridgehead atoms. The van der Waals surface area contributed by atoms with Gasteiger partial charge >= 0.3 is 0 Å². The van der Waals surface area contributed by atoms with Gasteiger partial charge in [-0.3, -0.25) is 0 Å². The number of hydrogen-bond donors (Lipinski definition) is 2. The fraction of sp³-hybridized carbons (Fsp3) is 0.571. The highest BCUT2D eigenvalue weighted by Gasteiger charge is 2.11. The molecular formula is C14H23ClNO3+. The van der Waals surface area contributed by atoms with Gasteiger partial charge in [-0.2, -0.15) is 0 Å². The van der Waals surface area contributed by atoms with Gasteiger partial charge in [-0.25, -0.2) is 0 Å². The minimum atomic E-state index is 0.220. The van der Waals surface area contributed by atoms with E-state index in [0.29, 0.717) is 24.0 Å². The van der Waals surface area contributed by atoms with Gasteiger partial charge in [0.2, 0.25) is 0 Å². The predicted octanol–water partition coefficient (Wildman–Crippen LogP) is 1.58. The first-order valence-electron chi connectivity index (χ1n) is 6.73. The van der Waals surface area contributed by atoms with Crippen molar-refractivity contribution in [3.05, 3.63) is 22.7 Å². The number of nitrogens with two attached hydrogens (primary N) is 1. The van der Waals surface area contributed by atoms with Crippen molar-refractivity contribution < 1.29 is 19.9 Å². The van der Waals surface area contributed by atoms with Crippen LogP contribution < -0.4 is 14.8 Å². The Morgan fingerprint density at radius 3 is 2.37 bits per heavy atom. The van der Waals surface area contributed by atoms with Crippen molar-refractivity contribution in [1.29, 1.82) is 0 Å². The molecule has 3 N–H and O–H groups in total. The zero-order valence-corrected chi connectivity index (χ0v) is 12.4. The molecule has 0 aliphatic heterocycles. The normalized spacial score (nSPS) is 10.5. The quantitative estimate of drug-likeness (QED) is 0.679. The first-order valence-corrected chi connectivity index (χ1v) is 7.11. The van der Waals surface area contributed by atoms with E-state index in [-0.39, 0.29) is 6.61 Å². The van der Waals surface area contributed by atoms with Crippen LogP contribution in [0.25, 0.3) is 0 Å². The van der Waals surface area contributed by atoms with Crippen LogP contribution in [0.5, 0.6) is 11.5 Å². The lowest BCUT2D eigenvalue weighted by Gasteiger charge is -2.13. The molecule has 0 spiro atoms. The molecule has 1 rings (SSSR count). The molecule has 0 fully saturated rings. The van der Waals surface area contributed by atoms with Crippen LogP contribution in [0.4, 0.5) is 0 Å². The minimum absolute atomic E-state index is 0.220. The van der Waals surface area contributed by atoms with Crippen molar-refractivity contribution in [2.45, 2.75) is 26.8 Å². The second-order valence-corrected chi connectivity index (χ2v) is 4.52. The van der Waals surface area contributed by atoms with Crippen LogP contribution in [0, 0.1) is 0 Å². The Morgan fingerprint density at radius 1 is 1.16 bits per heavy atom. The van der Waals surface area contributed by atoms with E-state index in [0.717, 1.165) is 30.8 Å². The maximum absolute atomic E-state index is 8.74. The van der Waals surface area contributed by atoms with E-state index in [9.17, 15) is 0 Å². The van der Waals surface area contributed by atoms with Gasteiger partial charge in [0.25, 0.3) is 0 Å². The highest BCUT2D eigenvalue weighted by molar-refractivity contribution is 6.31. The zero-order valence-electron chi connectivity index (χ0n) is 11.6. The van der Waals surface area contributed by atoms with Crippen LogP contribution in [-0.2, 0) is 6.54 Å². The molecule has 0 atom stereocenters. The van der Waals surface area contributed by atoms with Gasteiger partial charge in [-0.1, -0.05) is 11.6 Å². The molecule has 19 heavy (non-hydrogen) atoms. The summed E-state index contributed by atoms with van der Waals surface area (Å²) in [5, 5.41) is 11.6. The van der Waals surface area contributed by atoms with Gasteiger partial charge in [0.05, 0.1) is 24.8 Å². The molecule has 5 heteroatoms. The van der Waals surface area contributed by atoms with Crippen LogP contribution in [-0.4, -0.2) is 31.5 Å². The molecule has 0 aliphatic carbocycles. The molecular weight excluding hydrogens is 266 g/mol. The van der Waals surface area contributed by atoms with Crippen LogP contribution >= 0.6 is 11.6 Å². The number of benzene rings is 1. The smallest absolute Gasteiger partial charge is 0.162 e. The second kappa shape index (κ2) is 9.02. The lowest BCUT2D eigenvalue weighted by atomic mass is 10.2. The average Bonchev–Trinajstić information content (AvgIpc) is 2.39.